The van der Waals surface area contributed by atoms with E-state index in [0.717, 1.165) is 0 Å². The first kappa shape index (κ1) is 15.2. The van der Waals surface area contributed by atoms with Crippen LogP contribution in [0.2, 0.25) is 5.02 Å². The van der Waals surface area contributed by atoms with Crippen LogP contribution >= 0.6 is 11.6 Å². The Kier molecular flexibility index (Phi) is 5.04. The molecule has 0 fully saturated rings. The van der Waals surface area contributed by atoms with E-state index in [0.29, 0.717) is 27.6 Å². The molecule has 0 radical (unpaired) electrons. The van der Waals surface area contributed by atoms with Crippen LogP contribution in [-0.4, -0.2) is 18.8 Å². The van der Waals surface area contributed by atoms with Gasteiger partial charge in [-0.05, 0) is 29.8 Å². The van der Waals surface area contributed by atoms with Gasteiger partial charge in [0.05, 0.1) is 12.7 Å². The van der Waals surface area contributed by atoms with Gasteiger partial charge < -0.3 is 14.6 Å². The predicted octanol–water partition coefficient (Wildman–Crippen LogP) is 3.33. The number of methoxy groups -OCH3 is 1. The first-order chi connectivity index (χ1) is 10.1. The van der Waals surface area contributed by atoms with E-state index in [1.54, 1.807) is 49.6 Å². The van der Waals surface area contributed by atoms with E-state index < -0.39 is 6.10 Å². The largest absolute Gasteiger partial charge is 0.497 e. The lowest BCUT2D eigenvalue weighted by atomic mass is 10.1. The third-order valence-electron chi connectivity index (χ3n) is 2.94. The van der Waals surface area contributed by atoms with Crippen molar-refractivity contribution >= 4 is 11.6 Å². The standard InChI is InChI=1S/C16H14ClNO3/c1-20-14-4-2-3-11(7-14)15(19)10-21-16-8-13(17)6-5-12(16)9-18/h2-8,15,19H,10H2,1H3. The number of halogens is 1. The predicted molar refractivity (Wildman–Crippen MR) is 79.6 cm³/mol. The fraction of sp³-hybridized carbons (Fsp3) is 0.188. The Morgan fingerprint density at radius 2 is 2.10 bits per heavy atom. The van der Waals surface area contributed by atoms with E-state index in [-0.39, 0.29) is 6.61 Å². The third-order valence-corrected chi connectivity index (χ3v) is 3.17. The Hall–Kier alpha value is -2.22. The zero-order chi connectivity index (χ0) is 15.2. The van der Waals surface area contributed by atoms with Gasteiger partial charge in [0.15, 0.2) is 0 Å². The van der Waals surface area contributed by atoms with E-state index in [1.165, 1.54) is 0 Å². The molecule has 1 atom stereocenters. The van der Waals surface area contributed by atoms with Gasteiger partial charge in [-0.25, -0.2) is 0 Å². The first-order valence-electron chi connectivity index (χ1n) is 6.28. The molecule has 0 saturated carbocycles. The second kappa shape index (κ2) is 6.98. The molecule has 0 heterocycles. The number of aliphatic hydroxyl groups excluding tert-OH is 1. The molecule has 0 saturated heterocycles. The lowest BCUT2D eigenvalue weighted by Crippen LogP contribution is -2.10. The normalized spacial score (nSPS) is 11.5. The molecule has 2 aromatic carbocycles. The average molecular weight is 304 g/mol. The number of nitriles is 1. The molecule has 0 aliphatic carbocycles. The summed E-state index contributed by atoms with van der Waals surface area (Å²) in [5.41, 5.74) is 1.05. The van der Waals surface area contributed by atoms with Gasteiger partial charge in [-0.3, -0.25) is 0 Å². The van der Waals surface area contributed by atoms with Gasteiger partial charge in [0, 0.05) is 11.1 Å². The molecule has 0 spiro atoms. The van der Waals surface area contributed by atoms with Crippen molar-refractivity contribution in [2.24, 2.45) is 0 Å². The van der Waals surface area contributed by atoms with Crippen LogP contribution in [0.25, 0.3) is 0 Å². The van der Waals surface area contributed by atoms with E-state index in [1.807, 2.05) is 6.07 Å². The van der Waals surface area contributed by atoms with Crippen molar-refractivity contribution in [1.29, 1.82) is 5.26 Å². The molecule has 0 aromatic heterocycles. The number of nitrogens with zero attached hydrogens (tertiary/aromatic N) is 1. The van der Waals surface area contributed by atoms with Crippen LogP contribution in [0.5, 0.6) is 11.5 Å². The highest BCUT2D eigenvalue weighted by Crippen LogP contribution is 2.25. The average Bonchev–Trinajstić information content (AvgIpc) is 2.52. The second-order valence-corrected chi connectivity index (χ2v) is 4.79. The molecular weight excluding hydrogens is 290 g/mol. The maximum absolute atomic E-state index is 10.1. The minimum Gasteiger partial charge on any atom is -0.497 e. The van der Waals surface area contributed by atoms with Crippen LogP contribution in [0.15, 0.2) is 42.5 Å². The molecule has 4 nitrogen and oxygen atoms in total. The maximum atomic E-state index is 10.1. The third kappa shape index (κ3) is 3.88. The maximum Gasteiger partial charge on any atom is 0.138 e. The monoisotopic (exact) mass is 303 g/mol. The summed E-state index contributed by atoms with van der Waals surface area (Å²) in [6.07, 6.45) is -0.828. The van der Waals surface area contributed by atoms with Gasteiger partial charge in [-0.1, -0.05) is 23.7 Å². The number of aliphatic hydroxyl groups is 1. The van der Waals surface area contributed by atoms with E-state index >= 15 is 0 Å². The molecular formula is C16H14ClNO3. The highest BCUT2D eigenvalue weighted by molar-refractivity contribution is 6.30. The molecule has 21 heavy (non-hydrogen) atoms. The summed E-state index contributed by atoms with van der Waals surface area (Å²) >= 11 is 5.88. The SMILES string of the molecule is COc1cccc(C(O)COc2cc(Cl)ccc2C#N)c1. The molecule has 0 amide bonds. The Morgan fingerprint density at radius 3 is 2.81 bits per heavy atom. The Bertz CT molecular complexity index is 667. The minimum absolute atomic E-state index is 0.0161. The second-order valence-electron chi connectivity index (χ2n) is 4.36. The van der Waals surface area contributed by atoms with Crippen LogP contribution in [0.1, 0.15) is 17.2 Å². The lowest BCUT2D eigenvalue weighted by Gasteiger charge is -2.14. The van der Waals surface area contributed by atoms with E-state index in [9.17, 15) is 5.11 Å². The fourth-order valence-electron chi connectivity index (χ4n) is 1.82. The summed E-state index contributed by atoms with van der Waals surface area (Å²) in [4.78, 5) is 0. The van der Waals surface area contributed by atoms with Gasteiger partial charge in [0.2, 0.25) is 0 Å². The first-order valence-corrected chi connectivity index (χ1v) is 6.66. The van der Waals surface area contributed by atoms with Crippen LogP contribution in [0, 0.1) is 11.3 Å². The summed E-state index contributed by atoms with van der Waals surface area (Å²) in [6.45, 7) is 0.0161. The summed E-state index contributed by atoms with van der Waals surface area (Å²) in [5, 5.41) is 19.6. The van der Waals surface area contributed by atoms with Gasteiger partial charge in [0.1, 0.15) is 30.3 Å². The molecule has 1 unspecified atom stereocenters. The Balaban J connectivity index is 2.09. The van der Waals surface area contributed by atoms with Crippen molar-refractivity contribution in [1.82, 2.24) is 0 Å². The Morgan fingerprint density at radius 1 is 1.29 bits per heavy atom. The van der Waals surface area contributed by atoms with E-state index in [4.69, 9.17) is 26.3 Å². The highest BCUT2D eigenvalue weighted by atomic mass is 35.5. The van der Waals surface area contributed by atoms with Crippen molar-refractivity contribution in [3.8, 4) is 17.6 Å². The van der Waals surface area contributed by atoms with Crippen molar-refractivity contribution in [2.45, 2.75) is 6.10 Å². The van der Waals surface area contributed by atoms with Crippen molar-refractivity contribution < 1.29 is 14.6 Å². The molecule has 1 N–H and O–H groups in total. The number of benzene rings is 2. The molecule has 108 valence electrons. The summed E-state index contributed by atoms with van der Waals surface area (Å²) in [7, 11) is 1.56. The van der Waals surface area contributed by atoms with Gasteiger partial charge in [0.25, 0.3) is 0 Å². The molecule has 0 bridgehead atoms. The lowest BCUT2D eigenvalue weighted by molar-refractivity contribution is 0.108. The minimum atomic E-state index is -0.828. The summed E-state index contributed by atoms with van der Waals surface area (Å²) in [5.74, 6) is 1.01. The summed E-state index contributed by atoms with van der Waals surface area (Å²) < 4.78 is 10.6. The molecule has 0 aliphatic heterocycles. The highest BCUT2D eigenvalue weighted by Gasteiger charge is 2.11. The molecule has 0 aliphatic rings. The van der Waals surface area contributed by atoms with Crippen molar-refractivity contribution in [3.63, 3.8) is 0 Å². The fourth-order valence-corrected chi connectivity index (χ4v) is 1.98. The number of hydrogen-bond acceptors (Lipinski definition) is 4. The van der Waals surface area contributed by atoms with Crippen LogP contribution < -0.4 is 9.47 Å². The van der Waals surface area contributed by atoms with Crippen LogP contribution in [0.4, 0.5) is 0 Å². The summed E-state index contributed by atoms with van der Waals surface area (Å²) in [6, 6.07) is 13.9. The zero-order valence-electron chi connectivity index (χ0n) is 11.4. The smallest absolute Gasteiger partial charge is 0.138 e. The molecule has 2 rings (SSSR count). The number of ether oxygens (including phenoxy) is 2. The van der Waals surface area contributed by atoms with E-state index in [2.05, 4.69) is 0 Å². The Labute approximate surface area is 128 Å². The number of hydrogen-bond donors (Lipinski definition) is 1. The quantitative estimate of drug-likeness (QED) is 0.920. The zero-order valence-corrected chi connectivity index (χ0v) is 12.2. The molecule has 2 aromatic rings. The van der Waals surface area contributed by atoms with Gasteiger partial charge >= 0.3 is 0 Å². The van der Waals surface area contributed by atoms with Crippen LogP contribution in [-0.2, 0) is 0 Å². The van der Waals surface area contributed by atoms with Crippen molar-refractivity contribution in [2.75, 3.05) is 13.7 Å². The van der Waals surface area contributed by atoms with Gasteiger partial charge in [-0.2, -0.15) is 5.26 Å². The van der Waals surface area contributed by atoms with Crippen LogP contribution in [0.3, 0.4) is 0 Å². The topological polar surface area (TPSA) is 62.5 Å². The molecule has 5 heteroatoms. The van der Waals surface area contributed by atoms with Gasteiger partial charge in [-0.15, -0.1) is 0 Å². The number of rotatable bonds is 5. The van der Waals surface area contributed by atoms with Crippen molar-refractivity contribution in [3.05, 3.63) is 58.6 Å².